The minimum Gasteiger partial charge on any atom is -0.442 e. The van der Waals surface area contributed by atoms with E-state index >= 15 is 4.39 Å². The van der Waals surface area contributed by atoms with Crippen molar-refractivity contribution in [1.82, 2.24) is 10.2 Å². The van der Waals surface area contributed by atoms with Gasteiger partial charge >= 0.3 is 6.09 Å². The molecule has 180 valence electrons. The molecule has 2 aromatic rings. The van der Waals surface area contributed by atoms with Gasteiger partial charge in [-0.15, -0.1) is 0 Å². The Labute approximate surface area is 199 Å². The van der Waals surface area contributed by atoms with E-state index < -0.39 is 12.2 Å². The number of carbonyl (C=O) groups is 2. The summed E-state index contributed by atoms with van der Waals surface area (Å²) < 4.78 is 20.4. The van der Waals surface area contributed by atoms with Crippen LogP contribution in [-0.2, 0) is 16.1 Å². The second kappa shape index (κ2) is 8.58. The lowest BCUT2D eigenvalue weighted by atomic mass is 10.1. The smallest absolute Gasteiger partial charge is 0.414 e. The van der Waals surface area contributed by atoms with E-state index in [1.165, 1.54) is 23.5 Å². The highest BCUT2D eigenvalue weighted by molar-refractivity contribution is 5.90. The van der Waals surface area contributed by atoms with Crippen LogP contribution >= 0.6 is 0 Å². The molecule has 2 aromatic carbocycles. The molecule has 5 rings (SSSR count). The largest absolute Gasteiger partial charge is 0.442 e. The van der Waals surface area contributed by atoms with Crippen molar-refractivity contribution < 1.29 is 18.7 Å². The van der Waals surface area contributed by atoms with Gasteiger partial charge in [-0.3, -0.25) is 14.6 Å². The second-order valence-electron chi connectivity index (χ2n) is 10.0. The van der Waals surface area contributed by atoms with Gasteiger partial charge in [0.05, 0.1) is 24.5 Å². The van der Waals surface area contributed by atoms with Crippen molar-refractivity contribution in [2.75, 3.05) is 43.0 Å². The fourth-order valence-corrected chi connectivity index (χ4v) is 5.85. The minimum absolute atomic E-state index is 0.143. The maximum Gasteiger partial charge on any atom is 0.414 e. The molecule has 0 radical (unpaired) electrons. The van der Waals surface area contributed by atoms with Gasteiger partial charge in [-0.05, 0) is 30.8 Å². The monoisotopic (exact) mass is 466 g/mol. The van der Waals surface area contributed by atoms with Crippen molar-refractivity contribution in [2.45, 2.75) is 32.5 Å². The maximum absolute atomic E-state index is 15.2. The molecule has 2 aliphatic heterocycles. The lowest BCUT2D eigenvalue weighted by molar-refractivity contribution is -0.119. The summed E-state index contributed by atoms with van der Waals surface area (Å²) in [6.07, 6.45) is -0.976. The number of rotatable bonds is 7. The lowest BCUT2D eigenvalue weighted by Crippen LogP contribution is -2.35. The van der Waals surface area contributed by atoms with Crippen LogP contribution in [0.25, 0.3) is 0 Å². The Hall–Kier alpha value is -3.13. The van der Waals surface area contributed by atoms with E-state index in [0.29, 0.717) is 23.3 Å². The quantitative estimate of drug-likeness (QED) is 0.679. The van der Waals surface area contributed by atoms with Crippen LogP contribution in [0.15, 0.2) is 48.5 Å². The maximum atomic E-state index is 15.2. The number of benzene rings is 2. The van der Waals surface area contributed by atoms with Gasteiger partial charge in [0, 0.05) is 43.9 Å². The average molecular weight is 467 g/mol. The van der Waals surface area contributed by atoms with Crippen molar-refractivity contribution in [1.29, 1.82) is 0 Å². The summed E-state index contributed by atoms with van der Waals surface area (Å²) in [4.78, 5) is 29.3. The molecule has 2 amide bonds. The van der Waals surface area contributed by atoms with Gasteiger partial charge in [0.2, 0.25) is 5.91 Å². The number of hydrogen-bond acceptors (Lipinski definition) is 5. The number of anilines is 2. The van der Waals surface area contributed by atoms with Crippen LogP contribution in [0.3, 0.4) is 0 Å². The van der Waals surface area contributed by atoms with Crippen LogP contribution in [0.4, 0.5) is 20.6 Å². The van der Waals surface area contributed by atoms with Gasteiger partial charge in [0.1, 0.15) is 11.9 Å². The molecule has 0 aromatic heterocycles. The first-order valence-electron chi connectivity index (χ1n) is 11.8. The Morgan fingerprint density at radius 2 is 2.00 bits per heavy atom. The fraction of sp³-hybridized carbons (Fsp3) is 0.462. The molecule has 0 unspecified atom stereocenters. The number of cyclic esters (lactones) is 1. The van der Waals surface area contributed by atoms with Crippen LogP contribution in [-0.4, -0.2) is 62.3 Å². The summed E-state index contributed by atoms with van der Waals surface area (Å²) in [6.45, 7) is 6.77. The van der Waals surface area contributed by atoms with E-state index in [0.717, 1.165) is 19.6 Å². The van der Waals surface area contributed by atoms with Crippen LogP contribution < -0.4 is 15.1 Å². The average Bonchev–Trinajstić information content (AvgIpc) is 3.05. The molecule has 1 N–H and O–H groups in total. The van der Waals surface area contributed by atoms with Crippen molar-refractivity contribution >= 4 is 23.4 Å². The van der Waals surface area contributed by atoms with Gasteiger partial charge in [0.25, 0.3) is 0 Å². The standard InChI is InChI=1S/C26H31FN4O3/c1-17(32)28-12-20-14-31(25(33)34-20)19-9-10-23(22(27)11-19)30-15-21-24(26(21,2)16-30)29(3)13-18-7-5-4-6-8-18/h4-11,20-21,24H,12-16H2,1-3H3,(H,28,32)/t20-,21-,24-,26-/m0/s1. The third kappa shape index (κ3) is 4.11. The molecular formula is C26H31FN4O3. The molecule has 2 heterocycles. The van der Waals surface area contributed by atoms with Crippen molar-refractivity contribution in [3.8, 4) is 0 Å². The highest BCUT2D eigenvalue weighted by Gasteiger charge is 2.67. The molecule has 4 atom stereocenters. The number of nitrogens with one attached hydrogen (secondary N) is 1. The molecule has 7 nitrogen and oxygen atoms in total. The number of amides is 2. The SMILES string of the molecule is CC(=O)NC[C@H]1CN(c2ccc(N3C[C@H]4[C@H](N(C)Cc5ccccc5)[C@@]4(C)C3)c(F)c2)C(=O)O1. The summed E-state index contributed by atoms with van der Waals surface area (Å²) in [5.74, 6) is -0.0196. The van der Waals surface area contributed by atoms with Crippen LogP contribution in [0, 0.1) is 17.2 Å². The number of fused-ring (bicyclic) bond motifs is 1. The van der Waals surface area contributed by atoms with Crippen LogP contribution in [0.2, 0.25) is 0 Å². The molecule has 1 aliphatic carbocycles. The van der Waals surface area contributed by atoms with Gasteiger partial charge in [0.15, 0.2) is 0 Å². The van der Waals surface area contributed by atoms with E-state index in [4.69, 9.17) is 4.74 Å². The molecule has 0 bridgehead atoms. The summed E-state index contributed by atoms with van der Waals surface area (Å²) >= 11 is 0. The normalized spacial score (nSPS) is 27.7. The molecule has 2 saturated heterocycles. The summed E-state index contributed by atoms with van der Waals surface area (Å²) in [5.41, 5.74) is 2.48. The zero-order valence-corrected chi connectivity index (χ0v) is 19.8. The number of hydrogen-bond donors (Lipinski definition) is 1. The molecule has 3 fully saturated rings. The van der Waals surface area contributed by atoms with E-state index in [9.17, 15) is 9.59 Å². The zero-order valence-electron chi connectivity index (χ0n) is 19.8. The Balaban J connectivity index is 1.21. The van der Waals surface area contributed by atoms with Gasteiger partial charge in [-0.1, -0.05) is 37.3 Å². The zero-order chi connectivity index (χ0) is 24.0. The number of nitrogens with zero attached hydrogens (tertiary/aromatic N) is 3. The summed E-state index contributed by atoms with van der Waals surface area (Å²) in [7, 11) is 2.18. The predicted molar refractivity (Wildman–Crippen MR) is 128 cm³/mol. The topological polar surface area (TPSA) is 65.1 Å². The highest BCUT2D eigenvalue weighted by atomic mass is 19.1. The van der Waals surface area contributed by atoms with Gasteiger partial charge < -0.3 is 15.0 Å². The fourth-order valence-electron chi connectivity index (χ4n) is 5.85. The van der Waals surface area contributed by atoms with E-state index in [1.807, 2.05) is 6.07 Å². The van der Waals surface area contributed by atoms with Crippen molar-refractivity contribution in [3.63, 3.8) is 0 Å². The number of halogens is 1. The lowest BCUT2D eigenvalue weighted by Gasteiger charge is -2.29. The van der Waals surface area contributed by atoms with Gasteiger partial charge in [-0.2, -0.15) is 0 Å². The Morgan fingerprint density at radius 3 is 2.65 bits per heavy atom. The summed E-state index contributed by atoms with van der Waals surface area (Å²) in [5, 5.41) is 2.65. The molecule has 8 heteroatoms. The van der Waals surface area contributed by atoms with Gasteiger partial charge in [-0.25, -0.2) is 9.18 Å². The molecular weight excluding hydrogens is 435 g/mol. The molecule has 34 heavy (non-hydrogen) atoms. The third-order valence-corrected chi connectivity index (χ3v) is 7.53. The molecule has 0 spiro atoms. The van der Waals surface area contributed by atoms with E-state index in [1.54, 1.807) is 12.1 Å². The predicted octanol–water partition coefficient (Wildman–Crippen LogP) is 3.24. The number of ether oxygens (including phenoxy) is 1. The minimum atomic E-state index is -0.526. The van der Waals surface area contributed by atoms with E-state index in [2.05, 4.69) is 53.4 Å². The Morgan fingerprint density at radius 1 is 1.24 bits per heavy atom. The summed E-state index contributed by atoms with van der Waals surface area (Å²) in [6, 6.07) is 15.9. The second-order valence-corrected chi connectivity index (χ2v) is 10.0. The third-order valence-electron chi connectivity index (χ3n) is 7.53. The Bertz CT molecular complexity index is 1100. The van der Waals surface area contributed by atoms with Crippen LogP contribution in [0.1, 0.15) is 19.4 Å². The van der Waals surface area contributed by atoms with Crippen molar-refractivity contribution in [2.24, 2.45) is 11.3 Å². The van der Waals surface area contributed by atoms with E-state index in [-0.39, 0.29) is 30.2 Å². The number of carbonyl (C=O) groups excluding carboxylic acids is 2. The molecule has 3 aliphatic rings. The Kier molecular flexibility index (Phi) is 5.72. The number of piperidine rings is 1. The van der Waals surface area contributed by atoms with Crippen molar-refractivity contribution in [3.05, 3.63) is 59.9 Å². The first-order chi connectivity index (χ1) is 16.3. The first-order valence-corrected chi connectivity index (χ1v) is 11.8. The first kappa shape index (κ1) is 22.7. The highest BCUT2D eigenvalue weighted by Crippen LogP contribution is 2.60. The van der Waals surface area contributed by atoms with Crippen LogP contribution in [0.5, 0.6) is 0 Å². The molecule has 1 saturated carbocycles.